The first-order chi connectivity index (χ1) is 13.1. The van der Waals surface area contributed by atoms with Gasteiger partial charge in [0.1, 0.15) is 0 Å². The number of rotatable bonds is 2. The fraction of sp³-hybridized carbons (Fsp3) is 0.130. The summed E-state index contributed by atoms with van der Waals surface area (Å²) in [5.41, 5.74) is 8.53. The number of hydrogen-bond acceptors (Lipinski definition) is 2. The predicted molar refractivity (Wildman–Crippen MR) is 109 cm³/mol. The van der Waals surface area contributed by atoms with Gasteiger partial charge in [0.05, 0.1) is 23.8 Å². The molecule has 0 unspecified atom stereocenters. The molecule has 4 heteroatoms. The minimum Gasteiger partial charge on any atom is -0.349 e. The number of anilines is 1. The molecule has 2 aromatic carbocycles. The van der Waals surface area contributed by atoms with Gasteiger partial charge in [-0.3, -0.25) is 9.78 Å². The Bertz CT molecular complexity index is 1200. The molecule has 0 spiro atoms. The average Bonchev–Trinajstić information content (AvgIpc) is 3.23. The zero-order valence-corrected chi connectivity index (χ0v) is 15.3. The van der Waals surface area contributed by atoms with E-state index in [4.69, 9.17) is 4.98 Å². The van der Waals surface area contributed by atoms with Crippen LogP contribution in [0.15, 0.2) is 60.9 Å². The first kappa shape index (κ1) is 15.8. The van der Waals surface area contributed by atoms with Crippen LogP contribution in [-0.4, -0.2) is 15.5 Å². The van der Waals surface area contributed by atoms with E-state index < -0.39 is 0 Å². The number of aryl methyl sites for hydroxylation is 2. The van der Waals surface area contributed by atoms with E-state index in [0.29, 0.717) is 6.42 Å². The number of amides is 1. The Morgan fingerprint density at radius 1 is 1.04 bits per heavy atom. The molecule has 0 atom stereocenters. The van der Waals surface area contributed by atoms with Gasteiger partial charge in [0.25, 0.3) is 0 Å². The second kappa shape index (κ2) is 5.81. The number of nitrogens with one attached hydrogen (secondary N) is 1. The molecular formula is C23H19N3O. The molecule has 27 heavy (non-hydrogen) atoms. The summed E-state index contributed by atoms with van der Waals surface area (Å²) in [6, 6.07) is 16.8. The largest absolute Gasteiger partial charge is 0.349 e. The van der Waals surface area contributed by atoms with Gasteiger partial charge in [0.15, 0.2) is 0 Å². The molecule has 0 fully saturated rings. The fourth-order valence-corrected chi connectivity index (χ4v) is 3.84. The fourth-order valence-electron chi connectivity index (χ4n) is 3.84. The van der Waals surface area contributed by atoms with E-state index in [-0.39, 0.29) is 5.91 Å². The van der Waals surface area contributed by atoms with Crippen molar-refractivity contribution in [2.75, 3.05) is 5.32 Å². The highest BCUT2D eigenvalue weighted by Gasteiger charge is 2.20. The van der Waals surface area contributed by atoms with Gasteiger partial charge in [0, 0.05) is 35.4 Å². The Morgan fingerprint density at radius 2 is 1.81 bits per heavy atom. The Kier molecular flexibility index (Phi) is 3.41. The van der Waals surface area contributed by atoms with Crippen molar-refractivity contribution in [2.45, 2.75) is 13.3 Å². The third-order valence-electron chi connectivity index (χ3n) is 5.29. The van der Waals surface area contributed by atoms with E-state index >= 15 is 0 Å². The van der Waals surface area contributed by atoms with Crippen LogP contribution in [0, 0.1) is 6.92 Å². The lowest BCUT2D eigenvalue weighted by Gasteiger charge is -2.13. The van der Waals surface area contributed by atoms with Crippen molar-refractivity contribution in [1.29, 1.82) is 0 Å². The third kappa shape index (κ3) is 2.53. The second-order valence-corrected chi connectivity index (χ2v) is 7.17. The van der Waals surface area contributed by atoms with Gasteiger partial charge in [-0.25, -0.2) is 0 Å². The molecule has 0 aliphatic carbocycles. The third-order valence-corrected chi connectivity index (χ3v) is 5.29. The van der Waals surface area contributed by atoms with E-state index in [1.165, 1.54) is 10.9 Å². The van der Waals surface area contributed by atoms with Crippen LogP contribution in [0.1, 0.15) is 11.1 Å². The van der Waals surface area contributed by atoms with Crippen molar-refractivity contribution < 1.29 is 4.79 Å². The topological polar surface area (TPSA) is 46.9 Å². The molecule has 1 N–H and O–H groups in total. The highest BCUT2D eigenvalue weighted by atomic mass is 16.1. The zero-order valence-electron chi connectivity index (χ0n) is 15.3. The quantitative estimate of drug-likeness (QED) is 0.567. The van der Waals surface area contributed by atoms with Gasteiger partial charge in [-0.05, 0) is 36.2 Å². The second-order valence-electron chi connectivity index (χ2n) is 7.17. The molecule has 5 rings (SSSR count). The van der Waals surface area contributed by atoms with E-state index in [9.17, 15) is 4.79 Å². The molecule has 1 aliphatic heterocycles. The summed E-state index contributed by atoms with van der Waals surface area (Å²) in [5.74, 6) is 0.0527. The molecule has 2 aromatic heterocycles. The maximum Gasteiger partial charge on any atom is 0.228 e. The summed E-state index contributed by atoms with van der Waals surface area (Å²) < 4.78 is 2.09. The number of aromatic nitrogens is 2. The van der Waals surface area contributed by atoms with Crippen molar-refractivity contribution in [3.05, 3.63) is 72.1 Å². The summed E-state index contributed by atoms with van der Waals surface area (Å²) in [6.45, 7) is 2.09. The van der Waals surface area contributed by atoms with Crippen molar-refractivity contribution >= 4 is 22.5 Å². The van der Waals surface area contributed by atoms with E-state index in [0.717, 1.165) is 39.2 Å². The molecule has 1 amide bonds. The normalized spacial score (nSPS) is 13.0. The van der Waals surface area contributed by atoms with Gasteiger partial charge in [-0.15, -0.1) is 0 Å². The molecule has 0 bridgehead atoms. The number of hydrogen-bond donors (Lipinski definition) is 1. The minimum atomic E-state index is 0.0527. The molecule has 0 saturated heterocycles. The first-order valence-corrected chi connectivity index (χ1v) is 9.04. The van der Waals surface area contributed by atoms with Crippen LogP contribution in [0.5, 0.6) is 0 Å². The van der Waals surface area contributed by atoms with Gasteiger partial charge in [0.2, 0.25) is 5.91 Å². The molecule has 3 heterocycles. The standard InChI is InChI=1S/C23H19N3O/c1-14-3-5-15(6-4-14)23-22(18-9-10-26(2)20(18)13-24-23)16-7-8-19-17(11-16)12-21(27)25-19/h3-11,13H,12H2,1-2H3,(H,25,27). The number of carbonyl (C=O) groups is 1. The smallest absolute Gasteiger partial charge is 0.228 e. The van der Waals surface area contributed by atoms with Crippen LogP contribution in [0.2, 0.25) is 0 Å². The van der Waals surface area contributed by atoms with E-state index in [2.05, 4.69) is 65.5 Å². The van der Waals surface area contributed by atoms with Crippen molar-refractivity contribution in [3.63, 3.8) is 0 Å². The Balaban J connectivity index is 1.79. The number of pyridine rings is 1. The summed E-state index contributed by atoms with van der Waals surface area (Å²) in [7, 11) is 2.03. The zero-order chi connectivity index (χ0) is 18.5. The predicted octanol–water partition coefficient (Wildman–Crippen LogP) is 4.71. The number of fused-ring (bicyclic) bond motifs is 2. The maximum atomic E-state index is 11.8. The summed E-state index contributed by atoms with van der Waals surface area (Å²) in [6.07, 6.45) is 4.43. The molecule has 0 saturated carbocycles. The summed E-state index contributed by atoms with van der Waals surface area (Å²) in [5, 5.41) is 4.08. The minimum absolute atomic E-state index is 0.0527. The van der Waals surface area contributed by atoms with Crippen LogP contribution in [0.4, 0.5) is 5.69 Å². The molecule has 4 aromatic rings. The molecule has 1 aliphatic rings. The van der Waals surface area contributed by atoms with Gasteiger partial charge < -0.3 is 9.88 Å². The monoisotopic (exact) mass is 353 g/mol. The van der Waals surface area contributed by atoms with Crippen LogP contribution >= 0.6 is 0 Å². The Hall–Kier alpha value is -3.40. The SMILES string of the molecule is Cc1ccc(-c2ncc3c(ccn3C)c2-c2ccc3c(c2)CC(=O)N3)cc1. The Morgan fingerprint density at radius 3 is 2.63 bits per heavy atom. The van der Waals surface area contributed by atoms with Gasteiger partial charge >= 0.3 is 0 Å². The average molecular weight is 353 g/mol. The Labute approximate surface area is 157 Å². The highest BCUT2D eigenvalue weighted by molar-refractivity contribution is 6.04. The van der Waals surface area contributed by atoms with Crippen LogP contribution in [0.25, 0.3) is 33.3 Å². The summed E-state index contributed by atoms with van der Waals surface area (Å²) >= 11 is 0. The van der Waals surface area contributed by atoms with E-state index in [1.807, 2.05) is 19.3 Å². The van der Waals surface area contributed by atoms with Gasteiger partial charge in [-0.1, -0.05) is 35.9 Å². The maximum absolute atomic E-state index is 11.8. The van der Waals surface area contributed by atoms with E-state index in [1.54, 1.807) is 0 Å². The van der Waals surface area contributed by atoms with Crippen molar-refractivity contribution in [3.8, 4) is 22.4 Å². The molecular weight excluding hydrogens is 334 g/mol. The van der Waals surface area contributed by atoms with Crippen LogP contribution < -0.4 is 5.32 Å². The number of nitrogens with zero attached hydrogens (tertiary/aromatic N) is 2. The molecule has 4 nitrogen and oxygen atoms in total. The summed E-state index contributed by atoms with van der Waals surface area (Å²) in [4.78, 5) is 16.6. The molecule has 0 radical (unpaired) electrons. The number of carbonyl (C=O) groups excluding carboxylic acids is 1. The molecule has 132 valence electrons. The van der Waals surface area contributed by atoms with Crippen LogP contribution in [0.3, 0.4) is 0 Å². The lowest BCUT2D eigenvalue weighted by atomic mass is 9.94. The lowest BCUT2D eigenvalue weighted by Crippen LogP contribution is -2.03. The van der Waals surface area contributed by atoms with Gasteiger partial charge in [-0.2, -0.15) is 0 Å². The number of benzene rings is 2. The first-order valence-electron chi connectivity index (χ1n) is 9.04. The van der Waals surface area contributed by atoms with Crippen molar-refractivity contribution in [2.24, 2.45) is 7.05 Å². The van der Waals surface area contributed by atoms with Crippen molar-refractivity contribution in [1.82, 2.24) is 9.55 Å². The lowest BCUT2D eigenvalue weighted by molar-refractivity contribution is -0.115. The van der Waals surface area contributed by atoms with Crippen LogP contribution in [-0.2, 0) is 18.3 Å². The highest BCUT2D eigenvalue weighted by Crippen LogP contribution is 2.39.